The molecule has 2 heterocycles. The van der Waals surface area contributed by atoms with Crippen molar-refractivity contribution in [2.24, 2.45) is 0 Å². The first-order chi connectivity index (χ1) is 10.0. The van der Waals surface area contributed by atoms with Crippen LogP contribution in [0.25, 0.3) is 0 Å². The summed E-state index contributed by atoms with van der Waals surface area (Å²) in [7, 11) is 0. The second-order valence-electron chi connectivity index (χ2n) is 4.77. The number of nitrogens with zero attached hydrogens (tertiary/aromatic N) is 1. The molecule has 21 heavy (non-hydrogen) atoms. The van der Waals surface area contributed by atoms with Crippen LogP contribution in [-0.2, 0) is 6.54 Å². The fourth-order valence-electron chi connectivity index (χ4n) is 2.27. The van der Waals surface area contributed by atoms with E-state index in [1.54, 1.807) is 17.4 Å². The number of fused-ring (bicyclic) bond motifs is 1. The lowest BCUT2D eigenvalue weighted by molar-refractivity contribution is -0.384. The SMILES string of the molecule is Cc1cc(CNc2cc3c(cc2[N+](=O)[O-])OCO3)c(C)s1. The number of hydrogen-bond donors (Lipinski definition) is 1. The molecule has 0 atom stereocenters. The van der Waals surface area contributed by atoms with E-state index in [9.17, 15) is 10.1 Å². The molecular weight excluding hydrogens is 292 g/mol. The number of rotatable bonds is 4. The minimum atomic E-state index is -0.421. The molecule has 1 aliphatic heterocycles. The second kappa shape index (κ2) is 5.25. The fraction of sp³-hybridized carbons (Fsp3) is 0.286. The highest BCUT2D eigenvalue weighted by atomic mass is 32.1. The number of nitro groups is 1. The minimum absolute atomic E-state index is 0.0103. The van der Waals surface area contributed by atoms with Crippen LogP contribution in [0.4, 0.5) is 11.4 Å². The minimum Gasteiger partial charge on any atom is -0.454 e. The van der Waals surface area contributed by atoms with Crippen LogP contribution in [0.2, 0.25) is 0 Å². The van der Waals surface area contributed by atoms with Crippen molar-refractivity contribution in [1.29, 1.82) is 0 Å². The maximum absolute atomic E-state index is 11.2. The van der Waals surface area contributed by atoms with E-state index < -0.39 is 4.92 Å². The van der Waals surface area contributed by atoms with E-state index in [-0.39, 0.29) is 12.5 Å². The van der Waals surface area contributed by atoms with Gasteiger partial charge in [0.15, 0.2) is 11.5 Å². The Morgan fingerprint density at radius 3 is 2.62 bits per heavy atom. The Morgan fingerprint density at radius 1 is 1.29 bits per heavy atom. The average Bonchev–Trinajstić information content (AvgIpc) is 3.00. The maximum atomic E-state index is 11.2. The summed E-state index contributed by atoms with van der Waals surface area (Å²) < 4.78 is 10.4. The Labute approximate surface area is 125 Å². The molecule has 7 heteroatoms. The summed E-state index contributed by atoms with van der Waals surface area (Å²) in [4.78, 5) is 13.2. The molecule has 110 valence electrons. The summed E-state index contributed by atoms with van der Waals surface area (Å²) in [5.41, 5.74) is 1.57. The van der Waals surface area contributed by atoms with Gasteiger partial charge in [-0.2, -0.15) is 0 Å². The first kappa shape index (κ1) is 13.7. The van der Waals surface area contributed by atoms with Crippen molar-refractivity contribution >= 4 is 22.7 Å². The van der Waals surface area contributed by atoms with Crippen LogP contribution in [0.5, 0.6) is 11.5 Å². The lowest BCUT2D eigenvalue weighted by Crippen LogP contribution is -2.03. The molecule has 1 aromatic carbocycles. The molecule has 6 nitrogen and oxygen atoms in total. The first-order valence-electron chi connectivity index (χ1n) is 6.42. The van der Waals surface area contributed by atoms with Gasteiger partial charge in [0.05, 0.1) is 11.0 Å². The number of ether oxygens (including phenoxy) is 2. The molecular formula is C14H14N2O4S. The van der Waals surface area contributed by atoms with Crippen LogP contribution in [0.1, 0.15) is 15.3 Å². The standard InChI is InChI=1S/C14H14N2O4S/c1-8-3-10(9(2)21-8)6-15-11-4-13-14(20-7-19-13)5-12(11)16(17)18/h3-5,15H,6-7H2,1-2H3. The predicted molar refractivity (Wildman–Crippen MR) is 80.3 cm³/mol. The van der Waals surface area contributed by atoms with E-state index in [0.29, 0.717) is 23.7 Å². The van der Waals surface area contributed by atoms with Crippen LogP contribution >= 0.6 is 11.3 Å². The molecule has 1 aromatic heterocycles. The van der Waals surface area contributed by atoms with Gasteiger partial charge in [-0.3, -0.25) is 10.1 Å². The zero-order valence-electron chi connectivity index (χ0n) is 11.6. The molecule has 0 spiro atoms. The molecule has 3 rings (SSSR count). The molecule has 0 bridgehead atoms. The largest absolute Gasteiger partial charge is 0.454 e. The normalized spacial score (nSPS) is 12.5. The third-order valence-electron chi connectivity index (χ3n) is 3.30. The van der Waals surface area contributed by atoms with Crippen molar-refractivity contribution in [2.75, 3.05) is 12.1 Å². The quantitative estimate of drug-likeness (QED) is 0.690. The van der Waals surface area contributed by atoms with Gasteiger partial charge in [-0.05, 0) is 25.5 Å². The van der Waals surface area contributed by atoms with Crippen LogP contribution in [0.15, 0.2) is 18.2 Å². The van der Waals surface area contributed by atoms with Crippen molar-refractivity contribution in [1.82, 2.24) is 0 Å². The average molecular weight is 306 g/mol. The van der Waals surface area contributed by atoms with Crippen molar-refractivity contribution in [3.05, 3.63) is 43.6 Å². The van der Waals surface area contributed by atoms with Crippen LogP contribution in [0.3, 0.4) is 0 Å². The summed E-state index contributed by atoms with van der Waals surface area (Å²) >= 11 is 1.72. The summed E-state index contributed by atoms with van der Waals surface area (Å²) in [5, 5.41) is 14.3. The van der Waals surface area contributed by atoms with Crippen LogP contribution in [0, 0.1) is 24.0 Å². The molecule has 0 radical (unpaired) electrons. The number of thiophene rings is 1. The Morgan fingerprint density at radius 2 is 2.00 bits per heavy atom. The topological polar surface area (TPSA) is 73.6 Å². The predicted octanol–water partition coefficient (Wildman–Crippen LogP) is 3.61. The number of hydrogen-bond acceptors (Lipinski definition) is 6. The van der Waals surface area contributed by atoms with Gasteiger partial charge in [0.1, 0.15) is 5.69 Å². The fourth-order valence-corrected chi connectivity index (χ4v) is 3.22. The van der Waals surface area contributed by atoms with Crippen molar-refractivity contribution in [2.45, 2.75) is 20.4 Å². The monoisotopic (exact) mass is 306 g/mol. The Kier molecular flexibility index (Phi) is 3.42. The van der Waals surface area contributed by atoms with Gasteiger partial charge in [0.25, 0.3) is 5.69 Å². The summed E-state index contributed by atoms with van der Waals surface area (Å²) in [6, 6.07) is 5.11. The molecule has 0 saturated carbocycles. The van der Waals surface area contributed by atoms with E-state index in [4.69, 9.17) is 9.47 Å². The molecule has 0 fully saturated rings. The van der Waals surface area contributed by atoms with E-state index in [0.717, 1.165) is 5.56 Å². The Bertz CT molecular complexity index is 711. The van der Waals surface area contributed by atoms with Gasteiger partial charge in [-0.15, -0.1) is 11.3 Å². The van der Waals surface area contributed by atoms with Crippen LogP contribution in [-0.4, -0.2) is 11.7 Å². The van der Waals surface area contributed by atoms with E-state index in [2.05, 4.69) is 11.4 Å². The zero-order valence-corrected chi connectivity index (χ0v) is 12.5. The van der Waals surface area contributed by atoms with Gasteiger partial charge in [-0.25, -0.2) is 0 Å². The molecule has 1 aliphatic rings. The summed E-state index contributed by atoms with van der Waals surface area (Å²) in [5.74, 6) is 0.941. The number of nitrogens with one attached hydrogen (secondary N) is 1. The number of nitro benzene ring substituents is 1. The van der Waals surface area contributed by atoms with E-state index in [1.165, 1.54) is 15.8 Å². The highest BCUT2D eigenvalue weighted by Gasteiger charge is 2.23. The lowest BCUT2D eigenvalue weighted by Gasteiger charge is -2.08. The molecule has 0 amide bonds. The molecule has 2 aromatic rings. The first-order valence-corrected chi connectivity index (χ1v) is 7.24. The van der Waals surface area contributed by atoms with Crippen molar-refractivity contribution in [3.63, 3.8) is 0 Å². The third-order valence-corrected chi connectivity index (χ3v) is 4.31. The zero-order chi connectivity index (χ0) is 15.0. The lowest BCUT2D eigenvalue weighted by atomic mass is 10.2. The molecule has 0 aliphatic carbocycles. The number of benzene rings is 1. The number of anilines is 1. The van der Waals surface area contributed by atoms with Gasteiger partial charge in [0.2, 0.25) is 6.79 Å². The van der Waals surface area contributed by atoms with Gasteiger partial charge in [0, 0.05) is 22.4 Å². The third kappa shape index (κ3) is 2.64. The van der Waals surface area contributed by atoms with E-state index in [1.807, 2.05) is 13.8 Å². The number of aryl methyl sites for hydroxylation is 2. The smallest absolute Gasteiger partial charge is 0.296 e. The van der Waals surface area contributed by atoms with Gasteiger partial charge < -0.3 is 14.8 Å². The maximum Gasteiger partial charge on any atom is 0.296 e. The summed E-state index contributed by atoms with van der Waals surface area (Å²) in [6.45, 7) is 4.72. The van der Waals surface area contributed by atoms with Crippen molar-refractivity contribution in [3.8, 4) is 11.5 Å². The second-order valence-corrected chi connectivity index (χ2v) is 6.23. The van der Waals surface area contributed by atoms with Gasteiger partial charge in [-0.1, -0.05) is 0 Å². The molecule has 1 N–H and O–H groups in total. The molecule has 0 unspecified atom stereocenters. The molecule has 0 saturated heterocycles. The van der Waals surface area contributed by atoms with E-state index >= 15 is 0 Å². The van der Waals surface area contributed by atoms with Gasteiger partial charge >= 0.3 is 0 Å². The highest BCUT2D eigenvalue weighted by molar-refractivity contribution is 7.12. The Balaban J connectivity index is 1.87. The Hall–Kier alpha value is -2.28. The summed E-state index contributed by atoms with van der Waals surface area (Å²) in [6.07, 6.45) is 0. The van der Waals surface area contributed by atoms with Crippen LogP contribution < -0.4 is 14.8 Å². The van der Waals surface area contributed by atoms with Crippen molar-refractivity contribution < 1.29 is 14.4 Å². The highest BCUT2D eigenvalue weighted by Crippen LogP contribution is 2.40.